The summed E-state index contributed by atoms with van der Waals surface area (Å²) in [7, 11) is 0. The van der Waals surface area contributed by atoms with Crippen molar-refractivity contribution in [3.63, 3.8) is 0 Å². The monoisotopic (exact) mass is 291 g/mol. The van der Waals surface area contributed by atoms with E-state index in [1.54, 1.807) is 6.20 Å². The maximum Gasteiger partial charge on any atom is 0.246 e. The first-order valence-corrected chi connectivity index (χ1v) is 6.92. The van der Waals surface area contributed by atoms with Crippen LogP contribution in [-0.2, 0) is 11.3 Å². The average molecular weight is 292 g/mol. The van der Waals surface area contributed by atoms with Crippen LogP contribution >= 0.6 is 22.9 Å². The third-order valence-corrected chi connectivity index (χ3v) is 3.77. The van der Waals surface area contributed by atoms with Crippen LogP contribution in [-0.4, -0.2) is 15.5 Å². The highest BCUT2D eigenvalue weighted by atomic mass is 35.5. The Morgan fingerprint density at radius 1 is 1.42 bits per heavy atom. The van der Waals surface area contributed by atoms with Crippen LogP contribution in [0.2, 0.25) is 5.02 Å². The molecule has 4 nitrogen and oxygen atoms in total. The molecule has 0 saturated heterocycles. The largest absolute Gasteiger partial charge is 0.338 e. The number of thiazole rings is 1. The van der Waals surface area contributed by atoms with Crippen LogP contribution in [0.25, 0.3) is 10.9 Å². The van der Waals surface area contributed by atoms with Gasteiger partial charge in [-0.3, -0.25) is 4.79 Å². The zero-order valence-corrected chi connectivity index (χ0v) is 11.4. The number of fused-ring (bicyclic) bond motifs is 1. The maximum atomic E-state index is 11.9. The Bertz CT molecular complexity index is 721. The number of hydrogen-bond donors (Lipinski definition) is 1. The normalized spacial score (nSPS) is 10.8. The predicted octanol–water partition coefficient (Wildman–Crippen LogP) is 3.39. The molecule has 0 aliphatic carbocycles. The Morgan fingerprint density at radius 2 is 2.32 bits per heavy atom. The maximum absolute atomic E-state index is 11.9. The number of carbonyl (C=O) groups is 1. The number of anilines is 1. The average Bonchev–Trinajstić information content (AvgIpc) is 3.01. The zero-order valence-electron chi connectivity index (χ0n) is 9.84. The van der Waals surface area contributed by atoms with E-state index in [1.165, 1.54) is 11.3 Å². The van der Waals surface area contributed by atoms with Gasteiger partial charge in [0.15, 0.2) is 5.13 Å². The molecule has 1 N–H and O–H groups in total. The molecule has 0 saturated carbocycles. The molecule has 0 fully saturated rings. The second-order valence-electron chi connectivity index (χ2n) is 4.00. The topological polar surface area (TPSA) is 46.9 Å². The number of rotatable bonds is 3. The quantitative estimate of drug-likeness (QED) is 0.804. The lowest BCUT2D eigenvalue weighted by Gasteiger charge is -2.05. The second kappa shape index (κ2) is 5.03. The fourth-order valence-electron chi connectivity index (χ4n) is 1.92. The van der Waals surface area contributed by atoms with Gasteiger partial charge in [0.25, 0.3) is 0 Å². The third kappa shape index (κ3) is 2.47. The predicted molar refractivity (Wildman–Crippen MR) is 77.7 cm³/mol. The lowest BCUT2D eigenvalue weighted by molar-refractivity contribution is -0.116. The number of nitrogens with one attached hydrogen (secondary N) is 1. The van der Waals surface area contributed by atoms with Gasteiger partial charge in [-0.2, -0.15) is 0 Å². The van der Waals surface area contributed by atoms with Gasteiger partial charge in [-0.05, 0) is 18.2 Å². The van der Waals surface area contributed by atoms with Crippen LogP contribution in [0.5, 0.6) is 0 Å². The smallest absolute Gasteiger partial charge is 0.246 e. The van der Waals surface area contributed by atoms with Crippen molar-refractivity contribution in [1.29, 1.82) is 0 Å². The molecule has 2 heterocycles. The Balaban J connectivity index is 1.82. The fourth-order valence-corrected chi connectivity index (χ4v) is 2.70. The molecule has 0 aliphatic rings. The van der Waals surface area contributed by atoms with E-state index in [1.807, 2.05) is 40.4 Å². The van der Waals surface area contributed by atoms with Gasteiger partial charge < -0.3 is 9.88 Å². The molecule has 3 rings (SSSR count). The standard InChI is InChI=1S/C13H10ClN3OS/c14-10-2-1-3-11-9(10)4-6-17(11)8-12(18)16-13-15-5-7-19-13/h1-7H,8H2,(H,15,16,18). The Labute approximate surface area is 118 Å². The van der Waals surface area contributed by atoms with Crippen molar-refractivity contribution < 1.29 is 4.79 Å². The summed E-state index contributed by atoms with van der Waals surface area (Å²) >= 11 is 7.50. The molecule has 1 aromatic carbocycles. The van der Waals surface area contributed by atoms with E-state index in [0.29, 0.717) is 10.2 Å². The number of carbonyl (C=O) groups excluding carboxylic acids is 1. The highest BCUT2D eigenvalue weighted by Gasteiger charge is 2.08. The summed E-state index contributed by atoms with van der Waals surface area (Å²) in [5.74, 6) is -0.104. The number of benzene rings is 1. The SMILES string of the molecule is O=C(Cn1ccc2c(Cl)cccc21)Nc1nccs1. The van der Waals surface area contributed by atoms with Crippen molar-refractivity contribution in [2.75, 3.05) is 5.32 Å². The molecular formula is C13H10ClN3OS. The summed E-state index contributed by atoms with van der Waals surface area (Å²) in [5, 5.41) is 6.83. The minimum atomic E-state index is -0.104. The summed E-state index contributed by atoms with van der Waals surface area (Å²) in [4.78, 5) is 15.9. The van der Waals surface area contributed by atoms with Crippen LogP contribution in [0.3, 0.4) is 0 Å². The molecule has 0 unspecified atom stereocenters. The van der Waals surface area contributed by atoms with E-state index >= 15 is 0 Å². The van der Waals surface area contributed by atoms with Crippen molar-refractivity contribution in [2.45, 2.75) is 6.54 Å². The number of hydrogen-bond acceptors (Lipinski definition) is 3. The first-order valence-electron chi connectivity index (χ1n) is 5.67. The summed E-state index contributed by atoms with van der Waals surface area (Å²) in [6, 6.07) is 7.57. The Morgan fingerprint density at radius 3 is 3.11 bits per heavy atom. The van der Waals surface area contributed by atoms with Crippen LogP contribution in [0.1, 0.15) is 0 Å². The van der Waals surface area contributed by atoms with Gasteiger partial charge in [-0.25, -0.2) is 4.98 Å². The summed E-state index contributed by atoms with van der Waals surface area (Å²) in [5.41, 5.74) is 0.946. The number of amides is 1. The van der Waals surface area contributed by atoms with E-state index in [-0.39, 0.29) is 12.5 Å². The summed E-state index contributed by atoms with van der Waals surface area (Å²) < 4.78 is 1.87. The van der Waals surface area contributed by atoms with E-state index in [9.17, 15) is 4.79 Å². The molecule has 0 radical (unpaired) electrons. The highest BCUT2D eigenvalue weighted by Crippen LogP contribution is 2.24. The van der Waals surface area contributed by atoms with Crippen molar-refractivity contribution >= 4 is 44.9 Å². The number of aromatic nitrogens is 2. The van der Waals surface area contributed by atoms with Gasteiger partial charge in [-0.1, -0.05) is 17.7 Å². The third-order valence-electron chi connectivity index (χ3n) is 2.75. The van der Waals surface area contributed by atoms with Gasteiger partial charge in [0.05, 0.1) is 0 Å². The lowest BCUT2D eigenvalue weighted by atomic mass is 10.2. The van der Waals surface area contributed by atoms with Crippen molar-refractivity contribution in [2.24, 2.45) is 0 Å². The molecule has 19 heavy (non-hydrogen) atoms. The van der Waals surface area contributed by atoms with Crippen molar-refractivity contribution in [1.82, 2.24) is 9.55 Å². The second-order valence-corrected chi connectivity index (χ2v) is 5.30. The molecule has 96 valence electrons. The molecule has 0 bridgehead atoms. The van der Waals surface area contributed by atoms with Gasteiger partial charge in [0.2, 0.25) is 5.91 Å². The van der Waals surface area contributed by atoms with Crippen LogP contribution < -0.4 is 5.32 Å². The minimum Gasteiger partial charge on any atom is -0.338 e. The molecule has 0 atom stereocenters. The molecule has 6 heteroatoms. The van der Waals surface area contributed by atoms with E-state index in [4.69, 9.17) is 11.6 Å². The first kappa shape index (κ1) is 12.2. The van der Waals surface area contributed by atoms with Crippen molar-refractivity contribution in [3.8, 4) is 0 Å². The molecule has 2 aromatic heterocycles. The van der Waals surface area contributed by atoms with Gasteiger partial charge in [0.1, 0.15) is 6.54 Å². The summed E-state index contributed by atoms with van der Waals surface area (Å²) in [6.07, 6.45) is 3.52. The van der Waals surface area contributed by atoms with E-state index < -0.39 is 0 Å². The molecule has 0 spiro atoms. The molecular weight excluding hydrogens is 282 g/mol. The summed E-state index contributed by atoms with van der Waals surface area (Å²) in [6.45, 7) is 0.240. The Kier molecular flexibility index (Phi) is 3.23. The number of halogens is 1. The van der Waals surface area contributed by atoms with Crippen LogP contribution in [0, 0.1) is 0 Å². The molecule has 0 aliphatic heterocycles. The van der Waals surface area contributed by atoms with Gasteiger partial charge in [-0.15, -0.1) is 11.3 Å². The van der Waals surface area contributed by atoms with Gasteiger partial charge >= 0.3 is 0 Å². The fraction of sp³-hybridized carbons (Fsp3) is 0.0769. The van der Waals surface area contributed by atoms with E-state index in [0.717, 1.165) is 10.9 Å². The zero-order chi connectivity index (χ0) is 13.2. The van der Waals surface area contributed by atoms with Gasteiger partial charge in [0, 0.05) is 33.7 Å². The lowest BCUT2D eigenvalue weighted by Crippen LogP contribution is -2.17. The minimum absolute atomic E-state index is 0.104. The van der Waals surface area contributed by atoms with E-state index in [2.05, 4.69) is 10.3 Å². The van der Waals surface area contributed by atoms with Crippen LogP contribution in [0.15, 0.2) is 42.0 Å². The molecule has 3 aromatic rings. The highest BCUT2D eigenvalue weighted by molar-refractivity contribution is 7.13. The van der Waals surface area contributed by atoms with Crippen LogP contribution in [0.4, 0.5) is 5.13 Å². The number of nitrogens with zero attached hydrogens (tertiary/aromatic N) is 2. The van der Waals surface area contributed by atoms with Crippen molar-refractivity contribution in [3.05, 3.63) is 47.1 Å². The molecule has 1 amide bonds. The first-order chi connectivity index (χ1) is 9.24. The Hall–Kier alpha value is -1.85.